The fraction of sp³-hybridized carbons (Fsp3) is 0.471. The maximum atomic E-state index is 12.7. The lowest BCUT2D eigenvalue weighted by Crippen LogP contribution is -2.21. The highest BCUT2D eigenvalue weighted by Crippen LogP contribution is 2.27. The average molecular weight is 338 g/mol. The van der Waals surface area contributed by atoms with Crippen LogP contribution in [-0.2, 0) is 24.1 Å². The van der Waals surface area contributed by atoms with Crippen LogP contribution in [0.3, 0.4) is 0 Å². The van der Waals surface area contributed by atoms with Gasteiger partial charge in [-0.05, 0) is 44.7 Å². The normalized spacial score (nSPS) is 16.8. The van der Waals surface area contributed by atoms with E-state index in [9.17, 15) is 13.2 Å². The largest absolute Gasteiger partial charge is 0.479 e. The molecule has 0 atom stereocenters. The molecule has 0 saturated heterocycles. The minimum atomic E-state index is -3.88. The molecule has 0 N–H and O–H groups in total. The highest BCUT2D eigenvalue weighted by atomic mass is 32.2. The molecule has 5 nitrogen and oxygen atoms in total. The van der Waals surface area contributed by atoms with E-state index in [-0.39, 0.29) is 22.7 Å². The van der Waals surface area contributed by atoms with Crippen molar-refractivity contribution in [3.05, 3.63) is 41.5 Å². The van der Waals surface area contributed by atoms with Gasteiger partial charge in [0.15, 0.2) is 0 Å². The van der Waals surface area contributed by atoms with Crippen LogP contribution in [0.15, 0.2) is 46.4 Å². The van der Waals surface area contributed by atoms with Crippen LogP contribution in [0.2, 0.25) is 0 Å². The Balaban J connectivity index is 2.30. The summed E-state index contributed by atoms with van der Waals surface area (Å²) in [5.41, 5.74) is 0. The van der Waals surface area contributed by atoms with E-state index >= 15 is 0 Å². The number of carbonyl (C=O) groups is 1. The van der Waals surface area contributed by atoms with Gasteiger partial charge in [-0.3, -0.25) is 0 Å². The Bertz CT molecular complexity index is 643. The smallest absolute Gasteiger partial charge is 0.335 e. The zero-order chi connectivity index (χ0) is 16.7. The Morgan fingerprint density at radius 3 is 2.43 bits per heavy atom. The van der Waals surface area contributed by atoms with Crippen molar-refractivity contribution in [1.82, 2.24) is 0 Å². The van der Waals surface area contributed by atoms with Gasteiger partial charge in [0, 0.05) is 0 Å². The minimum absolute atomic E-state index is 0.103. The number of rotatable bonds is 6. The predicted octanol–water partition coefficient (Wildman–Crippen LogP) is 3.21. The number of ether oxygens (including phenoxy) is 2. The Morgan fingerprint density at radius 1 is 1.17 bits per heavy atom. The molecule has 0 radical (unpaired) electrons. The highest BCUT2D eigenvalue weighted by molar-refractivity contribution is 7.95. The first-order valence-corrected chi connectivity index (χ1v) is 9.37. The van der Waals surface area contributed by atoms with Crippen LogP contribution < -0.4 is 0 Å². The van der Waals surface area contributed by atoms with Crippen molar-refractivity contribution in [2.75, 3.05) is 6.61 Å². The standard InChI is InChI=1S/C17H22O5S/c1-2-21-16(18)13-17(22-14-9-5-3-6-10-14)23(19,20)15-11-7-4-8-12-15/h4,7-8,11-14H,2-3,5-6,9-10H2,1H3. The second kappa shape index (κ2) is 8.15. The molecule has 0 aromatic heterocycles. The SMILES string of the molecule is CCOC(=O)C=C(OC1CCCCC1)S(=O)(=O)c1ccccc1. The number of esters is 1. The molecule has 1 aromatic carbocycles. The van der Waals surface area contributed by atoms with Crippen molar-refractivity contribution in [2.24, 2.45) is 0 Å². The minimum Gasteiger partial charge on any atom is -0.479 e. The molecule has 0 spiro atoms. The van der Waals surface area contributed by atoms with Gasteiger partial charge in [-0.1, -0.05) is 24.6 Å². The molecular weight excluding hydrogens is 316 g/mol. The summed E-state index contributed by atoms with van der Waals surface area (Å²) in [6, 6.07) is 7.97. The van der Waals surface area contributed by atoms with Crippen molar-refractivity contribution < 1.29 is 22.7 Å². The highest BCUT2D eigenvalue weighted by Gasteiger charge is 2.27. The number of hydrogen-bond donors (Lipinski definition) is 0. The zero-order valence-electron chi connectivity index (χ0n) is 13.2. The van der Waals surface area contributed by atoms with Crippen LogP contribution in [0.1, 0.15) is 39.0 Å². The first-order chi connectivity index (χ1) is 11.0. The zero-order valence-corrected chi connectivity index (χ0v) is 14.1. The van der Waals surface area contributed by atoms with Gasteiger partial charge < -0.3 is 9.47 Å². The number of carbonyl (C=O) groups excluding carboxylic acids is 1. The Labute approximate surface area is 137 Å². The molecule has 23 heavy (non-hydrogen) atoms. The van der Waals surface area contributed by atoms with E-state index in [0.29, 0.717) is 0 Å². The van der Waals surface area contributed by atoms with Gasteiger partial charge in [-0.2, -0.15) is 0 Å². The van der Waals surface area contributed by atoms with Crippen LogP contribution in [0.5, 0.6) is 0 Å². The van der Waals surface area contributed by atoms with E-state index in [0.717, 1.165) is 38.2 Å². The molecule has 0 heterocycles. The van der Waals surface area contributed by atoms with Crippen molar-refractivity contribution in [2.45, 2.75) is 50.0 Å². The second-order valence-corrected chi connectivity index (χ2v) is 7.29. The number of hydrogen-bond acceptors (Lipinski definition) is 5. The fourth-order valence-corrected chi connectivity index (χ4v) is 3.78. The Morgan fingerprint density at radius 2 is 1.83 bits per heavy atom. The average Bonchev–Trinajstić information content (AvgIpc) is 2.56. The summed E-state index contributed by atoms with van der Waals surface area (Å²) in [6.45, 7) is 1.84. The van der Waals surface area contributed by atoms with Gasteiger partial charge in [0.25, 0.3) is 0 Å². The molecule has 1 fully saturated rings. The maximum absolute atomic E-state index is 12.7. The molecule has 2 rings (SSSR count). The summed E-state index contributed by atoms with van der Waals surface area (Å²) >= 11 is 0. The van der Waals surface area contributed by atoms with Crippen molar-refractivity contribution in [3.63, 3.8) is 0 Å². The summed E-state index contributed by atoms with van der Waals surface area (Å²) in [6.07, 6.45) is 5.49. The topological polar surface area (TPSA) is 69.7 Å². The van der Waals surface area contributed by atoms with E-state index < -0.39 is 15.8 Å². The van der Waals surface area contributed by atoms with Crippen molar-refractivity contribution in [1.29, 1.82) is 0 Å². The number of sulfone groups is 1. The summed E-state index contributed by atoms with van der Waals surface area (Å²) in [5.74, 6) is -0.710. The first-order valence-electron chi connectivity index (χ1n) is 7.89. The first kappa shape index (κ1) is 17.5. The summed E-state index contributed by atoms with van der Waals surface area (Å²) < 4.78 is 36.0. The van der Waals surface area contributed by atoms with Crippen molar-refractivity contribution in [3.8, 4) is 0 Å². The van der Waals surface area contributed by atoms with Gasteiger partial charge in [0.1, 0.15) is 0 Å². The van der Waals surface area contributed by atoms with Gasteiger partial charge in [0.2, 0.25) is 14.9 Å². The van der Waals surface area contributed by atoms with Crippen LogP contribution in [-0.4, -0.2) is 27.1 Å². The number of benzene rings is 1. The van der Waals surface area contributed by atoms with Crippen molar-refractivity contribution >= 4 is 15.8 Å². The summed E-state index contributed by atoms with van der Waals surface area (Å²) in [4.78, 5) is 11.8. The van der Waals surface area contributed by atoms with E-state index in [1.165, 1.54) is 12.1 Å². The van der Waals surface area contributed by atoms with Crippen LogP contribution >= 0.6 is 0 Å². The molecule has 0 aliphatic heterocycles. The Kier molecular flexibility index (Phi) is 6.21. The maximum Gasteiger partial charge on any atom is 0.335 e. The third-order valence-corrected chi connectivity index (χ3v) is 5.31. The lowest BCUT2D eigenvalue weighted by Gasteiger charge is -2.24. The van der Waals surface area contributed by atoms with Crippen LogP contribution in [0.4, 0.5) is 0 Å². The summed E-state index contributed by atoms with van der Waals surface area (Å²) in [5, 5.41) is -0.325. The monoisotopic (exact) mass is 338 g/mol. The van der Waals surface area contributed by atoms with E-state index in [4.69, 9.17) is 9.47 Å². The van der Waals surface area contributed by atoms with Gasteiger partial charge in [-0.15, -0.1) is 0 Å². The quantitative estimate of drug-likeness (QED) is 0.452. The fourth-order valence-electron chi connectivity index (χ4n) is 2.52. The molecular formula is C17H22O5S. The molecule has 0 bridgehead atoms. The molecule has 1 saturated carbocycles. The molecule has 0 amide bonds. The van der Waals surface area contributed by atoms with E-state index in [2.05, 4.69) is 0 Å². The molecule has 1 aromatic rings. The van der Waals surface area contributed by atoms with Crippen LogP contribution in [0.25, 0.3) is 0 Å². The molecule has 6 heteroatoms. The predicted molar refractivity (Wildman–Crippen MR) is 86.3 cm³/mol. The molecule has 0 unspecified atom stereocenters. The lowest BCUT2D eigenvalue weighted by atomic mass is 9.98. The van der Waals surface area contributed by atoms with Gasteiger partial charge in [-0.25, -0.2) is 13.2 Å². The molecule has 126 valence electrons. The van der Waals surface area contributed by atoms with Gasteiger partial charge >= 0.3 is 5.97 Å². The molecule has 1 aliphatic rings. The lowest BCUT2D eigenvalue weighted by molar-refractivity contribution is -0.137. The Hall–Kier alpha value is -1.82. The third-order valence-electron chi connectivity index (χ3n) is 3.68. The van der Waals surface area contributed by atoms with E-state index in [1.54, 1.807) is 25.1 Å². The van der Waals surface area contributed by atoms with Crippen LogP contribution in [0, 0.1) is 0 Å². The second-order valence-electron chi connectivity index (χ2n) is 5.41. The van der Waals surface area contributed by atoms with Gasteiger partial charge in [0.05, 0.1) is 23.7 Å². The third kappa shape index (κ3) is 4.82. The van der Waals surface area contributed by atoms with E-state index in [1.807, 2.05) is 0 Å². The summed E-state index contributed by atoms with van der Waals surface area (Å²) in [7, 11) is -3.88. The molecule has 1 aliphatic carbocycles.